The number of sulfonamides is 1. The Balaban J connectivity index is 6.10. The number of nitrogens with one attached hydrogen (secondary N) is 1. The second kappa shape index (κ2) is 16.8. The zero-order valence-electron chi connectivity index (χ0n) is 26.6. The molecule has 0 aliphatic rings. The molecule has 3 atom stereocenters. The van der Waals surface area contributed by atoms with Gasteiger partial charge in [-0.15, -0.1) is 0 Å². The van der Waals surface area contributed by atoms with Gasteiger partial charge in [0.25, 0.3) is 11.8 Å². The summed E-state index contributed by atoms with van der Waals surface area (Å²) in [5, 5.41) is 8.81. The number of rotatable bonds is 20. The Morgan fingerprint density at radius 1 is 0.654 bits per heavy atom. The lowest BCUT2D eigenvalue weighted by Crippen LogP contribution is -2.56. The molecule has 0 spiro atoms. The second-order valence-corrected chi connectivity index (χ2v) is 14.7. The lowest BCUT2D eigenvalue weighted by Gasteiger charge is -2.35. The Kier molecular flexibility index (Phi) is 16.1. The number of hydrogen-bond donors (Lipinski definition) is 2. The molecule has 312 valence electrons. The molecule has 0 rings (SSSR count). The highest BCUT2D eigenvalue weighted by Gasteiger charge is 2.75. The first-order chi connectivity index (χ1) is 22.6. The van der Waals surface area contributed by atoms with Crippen molar-refractivity contribution < 1.29 is 111 Å². The summed E-state index contributed by atoms with van der Waals surface area (Å²) in [6, 6.07) is 0. The summed E-state index contributed by atoms with van der Waals surface area (Å²) >= 11 is 0. The maximum absolute atomic E-state index is 14.3. The first-order valence-corrected chi connectivity index (χ1v) is 16.0. The van der Waals surface area contributed by atoms with Crippen LogP contribution in [-0.2, 0) is 14.8 Å². The van der Waals surface area contributed by atoms with E-state index in [1.165, 1.54) is 14.1 Å². The minimum Gasteiger partial charge on any atom is -0.477 e. The number of alkyl halides is 20. The maximum Gasteiger partial charge on any atom is 0.431 e. The number of hydrogen-bond acceptors (Lipinski definition) is 3. The molecule has 0 aromatic rings. The number of carboxylic acid groups (broad SMARTS) is 1. The summed E-state index contributed by atoms with van der Waals surface area (Å²) in [7, 11) is -1.91. The Morgan fingerprint density at radius 2 is 1.08 bits per heavy atom. The molecular formula is C25H33F20N2O4S+. The lowest BCUT2D eigenvalue weighted by molar-refractivity contribution is -0.883. The van der Waals surface area contributed by atoms with Gasteiger partial charge in [-0.2, -0.15) is 65.9 Å². The summed E-state index contributed by atoms with van der Waals surface area (Å²) in [5.74, 6) is -26.1. The molecule has 0 heterocycles. The highest BCUT2D eigenvalue weighted by atomic mass is 32.2. The van der Waals surface area contributed by atoms with Gasteiger partial charge in [-0.1, -0.05) is 0 Å². The third-order valence-corrected chi connectivity index (χ3v) is 8.97. The quantitative estimate of drug-likeness (QED) is 0.0734. The van der Waals surface area contributed by atoms with Gasteiger partial charge in [0, 0.05) is 19.4 Å². The fourth-order valence-electron chi connectivity index (χ4n) is 4.94. The van der Waals surface area contributed by atoms with Crippen LogP contribution in [0.3, 0.4) is 0 Å². The highest BCUT2D eigenvalue weighted by molar-refractivity contribution is 7.89. The molecule has 0 saturated carbocycles. The predicted octanol–water partition coefficient (Wildman–Crippen LogP) is 8.44. The Morgan fingerprint density at radius 3 is 1.46 bits per heavy atom. The molecule has 0 fully saturated rings. The SMILES string of the molecule is C[N+](C)(CCCNS(=O)(=O)CCC(CC(CC(CC(F)(F)CC(F)(F)CC(F)(C(F)(F)F)C(F)(F)F)C(F)(F)F)C(F)(F)F)C(F)(F)F)CC(=O)O. The van der Waals surface area contributed by atoms with Crippen molar-refractivity contribution in [2.75, 3.05) is 39.5 Å². The van der Waals surface area contributed by atoms with E-state index in [-0.39, 0.29) is 17.4 Å². The van der Waals surface area contributed by atoms with Crippen molar-refractivity contribution in [1.82, 2.24) is 4.72 Å². The van der Waals surface area contributed by atoms with Crippen LogP contribution in [0, 0.1) is 17.8 Å². The molecule has 0 saturated heterocycles. The molecule has 0 bridgehead atoms. The van der Waals surface area contributed by atoms with Gasteiger partial charge in [-0.25, -0.2) is 39.9 Å². The van der Waals surface area contributed by atoms with Crippen LogP contribution in [0.5, 0.6) is 0 Å². The van der Waals surface area contributed by atoms with Crippen LogP contribution in [0.25, 0.3) is 0 Å². The van der Waals surface area contributed by atoms with Gasteiger partial charge < -0.3 is 9.59 Å². The van der Waals surface area contributed by atoms with Crippen molar-refractivity contribution in [3.05, 3.63) is 0 Å². The average molecular weight is 838 g/mol. The fraction of sp³-hybridized carbons (Fsp3) is 0.960. The summed E-state index contributed by atoms with van der Waals surface area (Å²) in [6.07, 6.45) is -50.7. The van der Waals surface area contributed by atoms with Gasteiger partial charge in [-0.3, -0.25) is 0 Å². The summed E-state index contributed by atoms with van der Waals surface area (Å²) < 4.78 is 295. The van der Waals surface area contributed by atoms with E-state index in [0.717, 1.165) is 0 Å². The number of aliphatic carboxylic acids is 1. The zero-order valence-corrected chi connectivity index (χ0v) is 27.4. The summed E-state index contributed by atoms with van der Waals surface area (Å²) in [5.41, 5.74) is -6.88. The van der Waals surface area contributed by atoms with Crippen LogP contribution in [0.2, 0.25) is 0 Å². The van der Waals surface area contributed by atoms with Crippen molar-refractivity contribution in [1.29, 1.82) is 0 Å². The van der Waals surface area contributed by atoms with Gasteiger partial charge in [0.05, 0.1) is 57.0 Å². The zero-order chi connectivity index (χ0) is 41.8. The van der Waals surface area contributed by atoms with Crippen molar-refractivity contribution >= 4 is 16.0 Å². The lowest BCUT2D eigenvalue weighted by atomic mass is 9.81. The molecule has 6 nitrogen and oxygen atoms in total. The first kappa shape index (κ1) is 49.9. The van der Waals surface area contributed by atoms with Crippen LogP contribution >= 0.6 is 0 Å². The van der Waals surface area contributed by atoms with E-state index in [9.17, 15) is 101 Å². The second-order valence-electron chi connectivity index (χ2n) is 12.8. The molecule has 0 radical (unpaired) electrons. The summed E-state index contributed by atoms with van der Waals surface area (Å²) in [4.78, 5) is 10.8. The molecule has 27 heteroatoms. The highest BCUT2D eigenvalue weighted by Crippen LogP contribution is 2.54. The van der Waals surface area contributed by atoms with Crippen molar-refractivity contribution in [3.8, 4) is 0 Å². The number of likely N-dealkylation sites (N-methyl/N-ethyl adjacent to an activating group) is 1. The number of carbonyl (C=O) groups is 1. The molecular weight excluding hydrogens is 804 g/mol. The Hall–Kier alpha value is -2.06. The van der Waals surface area contributed by atoms with E-state index in [0.29, 0.717) is 0 Å². The van der Waals surface area contributed by atoms with E-state index >= 15 is 0 Å². The van der Waals surface area contributed by atoms with E-state index in [4.69, 9.17) is 5.11 Å². The Labute approximate surface area is 282 Å². The van der Waals surface area contributed by atoms with Crippen molar-refractivity contribution in [2.24, 2.45) is 17.8 Å². The van der Waals surface area contributed by atoms with E-state index < -0.39 is 140 Å². The molecule has 52 heavy (non-hydrogen) atoms. The topological polar surface area (TPSA) is 83.5 Å². The van der Waals surface area contributed by atoms with Crippen molar-refractivity contribution in [2.45, 2.75) is 93.3 Å². The number of quaternary nitrogens is 1. The third-order valence-electron chi connectivity index (χ3n) is 7.55. The number of nitrogens with zero attached hydrogens (tertiary/aromatic N) is 1. The minimum absolute atomic E-state index is 0.00205. The van der Waals surface area contributed by atoms with Crippen LogP contribution < -0.4 is 4.72 Å². The maximum atomic E-state index is 14.3. The van der Waals surface area contributed by atoms with Crippen molar-refractivity contribution in [3.63, 3.8) is 0 Å². The smallest absolute Gasteiger partial charge is 0.431 e. The van der Waals surface area contributed by atoms with E-state index in [1.54, 1.807) is 4.72 Å². The average Bonchev–Trinajstić information content (AvgIpc) is 2.82. The van der Waals surface area contributed by atoms with Gasteiger partial charge >= 0.3 is 42.5 Å². The Bertz CT molecular complexity index is 1240. The summed E-state index contributed by atoms with van der Waals surface area (Å²) in [6.45, 7) is -0.934. The van der Waals surface area contributed by atoms with Gasteiger partial charge in [0.1, 0.15) is 0 Å². The van der Waals surface area contributed by atoms with Gasteiger partial charge in [0.15, 0.2) is 6.54 Å². The number of carboxylic acids is 1. The monoisotopic (exact) mass is 837 g/mol. The largest absolute Gasteiger partial charge is 0.477 e. The van der Waals surface area contributed by atoms with Gasteiger partial charge in [-0.05, 0) is 19.3 Å². The molecule has 0 aromatic heterocycles. The minimum atomic E-state index is -7.22. The van der Waals surface area contributed by atoms with Crippen LogP contribution in [0.15, 0.2) is 0 Å². The molecule has 2 N–H and O–H groups in total. The fourth-order valence-corrected chi connectivity index (χ4v) is 6.13. The molecule has 3 unspecified atom stereocenters. The molecule has 0 amide bonds. The van der Waals surface area contributed by atoms with E-state index in [2.05, 4.69) is 0 Å². The normalized spacial score (nSPS) is 16.9. The molecule has 0 aliphatic carbocycles. The van der Waals surface area contributed by atoms with Crippen LogP contribution in [0.4, 0.5) is 87.8 Å². The third kappa shape index (κ3) is 17.0. The number of halogens is 20. The molecule has 0 aromatic carbocycles. The predicted molar refractivity (Wildman–Crippen MR) is 138 cm³/mol. The van der Waals surface area contributed by atoms with E-state index in [1.807, 2.05) is 0 Å². The van der Waals surface area contributed by atoms with Gasteiger partial charge in [0.2, 0.25) is 10.0 Å². The van der Waals surface area contributed by atoms with Crippen LogP contribution in [-0.4, -0.2) is 112 Å². The first-order valence-electron chi connectivity index (χ1n) is 14.4. The standard InChI is InChI=1S/C25H32F20N2O4S/c1-47(2,11-17(48)49)6-3-5-46-52(50,51)7-4-14(21(31,32)33)8-15(22(34,35)36)9-16(23(37,38)39)10-18(26,27)12-19(28,29)13-20(30,24(40,41)42)25(43,44)45/h14-16,46H,3-13H2,1-2H3/p+1. The van der Waals surface area contributed by atoms with Crippen LogP contribution in [0.1, 0.15) is 44.9 Å². The molecule has 0 aliphatic heterocycles.